The Morgan fingerprint density at radius 3 is 1.02 bits per heavy atom. The van der Waals surface area contributed by atoms with Crippen molar-refractivity contribution in [1.82, 2.24) is 5.32 Å². The molecule has 0 rings (SSSR count). The average molecular weight is 903 g/mol. The summed E-state index contributed by atoms with van der Waals surface area (Å²) < 4.78 is 0. The van der Waals surface area contributed by atoms with Crippen molar-refractivity contribution in [2.24, 2.45) is 0 Å². The molecule has 374 valence electrons. The Balaban J connectivity index is 3.57. The first-order valence-corrected chi connectivity index (χ1v) is 27.9. The van der Waals surface area contributed by atoms with Crippen LogP contribution < -0.4 is 5.32 Å². The highest BCUT2D eigenvalue weighted by molar-refractivity contribution is 5.76. The van der Waals surface area contributed by atoms with E-state index in [-0.39, 0.29) is 12.5 Å². The second kappa shape index (κ2) is 55.6. The molecule has 65 heavy (non-hydrogen) atoms. The molecule has 0 saturated heterocycles. The van der Waals surface area contributed by atoms with Gasteiger partial charge in [0.2, 0.25) is 5.91 Å². The smallest absolute Gasteiger partial charge is 0.220 e. The molecule has 0 aliphatic rings. The number of rotatable bonds is 50. The van der Waals surface area contributed by atoms with E-state index in [0.29, 0.717) is 12.8 Å². The van der Waals surface area contributed by atoms with E-state index >= 15 is 0 Å². The van der Waals surface area contributed by atoms with Crippen LogP contribution >= 0.6 is 0 Å². The molecule has 0 bridgehead atoms. The summed E-state index contributed by atoms with van der Waals surface area (Å²) in [4.78, 5) is 12.5. The second-order valence-electron chi connectivity index (χ2n) is 18.6. The summed E-state index contributed by atoms with van der Waals surface area (Å²) in [5.74, 6) is -0.0416. The maximum atomic E-state index is 12.5. The van der Waals surface area contributed by atoms with E-state index < -0.39 is 12.1 Å². The van der Waals surface area contributed by atoms with Crippen LogP contribution in [0.2, 0.25) is 0 Å². The van der Waals surface area contributed by atoms with Gasteiger partial charge in [-0.05, 0) is 77.0 Å². The van der Waals surface area contributed by atoms with Crippen molar-refractivity contribution in [3.63, 3.8) is 0 Å². The van der Waals surface area contributed by atoms with Gasteiger partial charge in [0.05, 0.1) is 18.8 Å². The fourth-order valence-corrected chi connectivity index (χ4v) is 8.14. The molecule has 4 heteroatoms. The predicted octanol–water partition coefficient (Wildman–Crippen LogP) is 18.5. The topological polar surface area (TPSA) is 69.6 Å². The van der Waals surface area contributed by atoms with Crippen LogP contribution in [0.5, 0.6) is 0 Å². The van der Waals surface area contributed by atoms with Crippen LogP contribution in [-0.2, 0) is 4.79 Å². The van der Waals surface area contributed by atoms with E-state index in [4.69, 9.17) is 0 Å². The monoisotopic (exact) mass is 902 g/mol. The number of aliphatic hydroxyl groups is 2. The Labute approximate surface area is 404 Å². The molecule has 0 aliphatic carbocycles. The SMILES string of the molecule is CC/C=C\C/C=C\C/C=C\C/C=C\C/C=C\C/C=C\C/C=C\C/C=C\CCCCCCCCCCC(=O)NC(CO)C(O)CCCCCCCCCCCCCCCCCCCCCC. The summed E-state index contributed by atoms with van der Waals surface area (Å²) >= 11 is 0. The van der Waals surface area contributed by atoms with Gasteiger partial charge in [-0.15, -0.1) is 0 Å². The summed E-state index contributed by atoms with van der Waals surface area (Å²) in [6.07, 6.45) is 82.4. The van der Waals surface area contributed by atoms with E-state index in [1.165, 1.54) is 161 Å². The highest BCUT2D eigenvalue weighted by Crippen LogP contribution is 2.16. The first kappa shape index (κ1) is 62.3. The number of carbonyl (C=O) groups excluding carboxylic acids is 1. The molecule has 3 N–H and O–H groups in total. The first-order chi connectivity index (χ1) is 32.2. The van der Waals surface area contributed by atoms with Gasteiger partial charge in [-0.2, -0.15) is 0 Å². The molecule has 0 fully saturated rings. The van der Waals surface area contributed by atoms with Crippen LogP contribution in [0.4, 0.5) is 0 Å². The quantitative estimate of drug-likeness (QED) is 0.0421. The number of carbonyl (C=O) groups is 1. The van der Waals surface area contributed by atoms with Crippen LogP contribution in [0.1, 0.15) is 264 Å². The highest BCUT2D eigenvalue weighted by Gasteiger charge is 2.20. The largest absolute Gasteiger partial charge is 0.394 e. The minimum absolute atomic E-state index is 0.0416. The Bertz CT molecular complexity index is 1210. The number of allylic oxidation sites excluding steroid dienone is 16. The van der Waals surface area contributed by atoms with Crippen molar-refractivity contribution in [3.05, 3.63) is 97.2 Å². The third-order valence-electron chi connectivity index (χ3n) is 12.4. The zero-order chi connectivity index (χ0) is 47.0. The Hall–Kier alpha value is -2.69. The normalized spacial score (nSPS) is 13.6. The Morgan fingerprint density at radius 2 is 0.677 bits per heavy atom. The first-order valence-electron chi connectivity index (χ1n) is 27.9. The van der Waals surface area contributed by atoms with Gasteiger partial charge in [-0.1, -0.05) is 278 Å². The number of unbranched alkanes of at least 4 members (excludes halogenated alkanes) is 27. The molecular weight excluding hydrogens is 795 g/mol. The van der Waals surface area contributed by atoms with Crippen molar-refractivity contribution in [2.45, 2.75) is 276 Å². The minimum Gasteiger partial charge on any atom is -0.394 e. The van der Waals surface area contributed by atoms with Gasteiger partial charge >= 0.3 is 0 Å². The molecule has 0 heterocycles. The van der Waals surface area contributed by atoms with E-state index in [0.717, 1.165) is 77.0 Å². The zero-order valence-corrected chi connectivity index (χ0v) is 43.0. The maximum absolute atomic E-state index is 12.5. The Kier molecular flexibility index (Phi) is 53.3. The van der Waals surface area contributed by atoms with Gasteiger partial charge < -0.3 is 15.5 Å². The molecule has 0 aromatic carbocycles. The third-order valence-corrected chi connectivity index (χ3v) is 12.4. The van der Waals surface area contributed by atoms with Gasteiger partial charge in [0.25, 0.3) is 0 Å². The molecule has 1 amide bonds. The lowest BCUT2D eigenvalue weighted by Crippen LogP contribution is -2.45. The number of hydrogen-bond donors (Lipinski definition) is 3. The molecule has 0 aliphatic heterocycles. The molecule has 4 nitrogen and oxygen atoms in total. The van der Waals surface area contributed by atoms with Gasteiger partial charge in [0.1, 0.15) is 0 Å². The maximum Gasteiger partial charge on any atom is 0.220 e. The van der Waals surface area contributed by atoms with E-state index in [9.17, 15) is 15.0 Å². The van der Waals surface area contributed by atoms with Crippen molar-refractivity contribution in [1.29, 1.82) is 0 Å². The average Bonchev–Trinajstić information content (AvgIpc) is 3.31. The molecular formula is C61H107NO3. The summed E-state index contributed by atoms with van der Waals surface area (Å²) in [6.45, 7) is 4.25. The highest BCUT2D eigenvalue weighted by atomic mass is 16.3. The summed E-state index contributed by atoms with van der Waals surface area (Å²) in [5.41, 5.74) is 0. The lowest BCUT2D eigenvalue weighted by atomic mass is 10.0. The van der Waals surface area contributed by atoms with E-state index in [1.807, 2.05) is 0 Å². The summed E-state index contributed by atoms with van der Waals surface area (Å²) in [6, 6.07) is -0.548. The van der Waals surface area contributed by atoms with Crippen LogP contribution in [0.25, 0.3) is 0 Å². The number of aliphatic hydroxyl groups excluding tert-OH is 2. The van der Waals surface area contributed by atoms with Crippen LogP contribution in [0.15, 0.2) is 97.2 Å². The summed E-state index contributed by atoms with van der Waals surface area (Å²) in [5, 5.41) is 23.3. The standard InChI is InChI=1S/C61H107NO3/c1-3-5-7-9-11-13-15-17-19-21-23-25-26-27-28-29-30-31-32-33-34-35-36-37-39-41-43-45-47-49-51-53-55-57-61(65)62-59(58-63)60(64)56-54-52-50-48-46-44-42-40-38-24-22-20-18-16-14-12-10-8-6-4-2/h5,7,11,13,17,19,23,25,27-28,30-31,33-34,36-37,59-60,63-64H,3-4,6,8-10,12,14-16,18,20-22,24,26,29,32,35,38-58H2,1-2H3,(H,62,65)/b7-5-,13-11-,19-17-,25-23-,28-27-,31-30-,34-33-,37-36-. The van der Waals surface area contributed by atoms with Gasteiger partial charge in [-0.3, -0.25) is 4.79 Å². The molecule has 2 unspecified atom stereocenters. The summed E-state index contributed by atoms with van der Waals surface area (Å²) in [7, 11) is 0. The zero-order valence-electron chi connectivity index (χ0n) is 43.0. The van der Waals surface area contributed by atoms with Gasteiger partial charge in [0, 0.05) is 6.42 Å². The van der Waals surface area contributed by atoms with Crippen molar-refractivity contribution in [2.75, 3.05) is 6.61 Å². The van der Waals surface area contributed by atoms with Gasteiger partial charge in [0.15, 0.2) is 0 Å². The van der Waals surface area contributed by atoms with Crippen LogP contribution in [0, 0.1) is 0 Å². The number of nitrogens with one attached hydrogen (secondary N) is 1. The van der Waals surface area contributed by atoms with E-state index in [1.54, 1.807) is 0 Å². The number of hydrogen-bond acceptors (Lipinski definition) is 3. The lowest BCUT2D eigenvalue weighted by molar-refractivity contribution is -0.123. The molecule has 0 aromatic rings. The minimum atomic E-state index is -0.670. The van der Waals surface area contributed by atoms with E-state index in [2.05, 4.69) is 116 Å². The molecule has 0 radical (unpaired) electrons. The van der Waals surface area contributed by atoms with Crippen molar-refractivity contribution >= 4 is 5.91 Å². The lowest BCUT2D eigenvalue weighted by Gasteiger charge is -2.22. The third kappa shape index (κ3) is 52.1. The van der Waals surface area contributed by atoms with Gasteiger partial charge in [-0.25, -0.2) is 0 Å². The van der Waals surface area contributed by atoms with Crippen molar-refractivity contribution in [3.8, 4) is 0 Å². The molecule has 0 aromatic heterocycles. The van der Waals surface area contributed by atoms with Crippen LogP contribution in [0.3, 0.4) is 0 Å². The molecule has 0 saturated carbocycles. The van der Waals surface area contributed by atoms with Crippen LogP contribution in [-0.4, -0.2) is 34.9 Å². The Morgan fingerprint density at radius 1 is 0.385 bits per heavy atom. The molecule has 2 atom stereocenters. The second-order valence-corrected chi connectivity index (χ2v) is 18.6. The molecule has 0 spiro atoms. The van der Waals surface area contributed by atoms with Crippen molar-refractivity contribution < 1.29 is 15.0 Å². The fourth-order valence-electron chi connectivity index (χ4n) is 8.14. The number of amides is 1. The predicted molar refractivity (Wildman–Crippen MR) is 290 cm³/mol. The fraction of sp³-hybridized carbons (Fsp3) is 0.721.